The van der Waals surface area contributed by atoms with Crippen molar-refractivity contribution in [3.8, 4) is 0 Å². The maximum absolute atomic E-state index is 3.82. The molecule has 19 heavy (non-hydrogen) atoms. The minimum Gasteiger partial charge on any atom is -0.0835 e. The molecule has 3 heteroatoms. The zero-order valence-electron chi connectivity index (χ0n) is 10.9. The smallest absolute Gasteiger partial charge is 0.0447 e. The lowest BCUT2D eigenvalue weighted by molar-refractivity contribution is 0.939. The highest BCUT2D eigenvalue weighted by Crippen LogP contribution is 2.33. The summed E-state index contributed by atoms with van der Waals surface area (Å²) in [6, 6.07) is 13.2. The third-order valence-electron chi connectivity index (χ3n) is 3.28. The molecule has 1 atom stereocenters. The SMILES string of the molecule is Cc1ccc(CC(Br)c2cc(I)ccc2Br)cc1C. The first-order valence-electron chi connectivity index (χ1n) is 6.12. The predicted molar refractivity (Wildman–Crippen MR) is 98.1 cm³/mol. The monoisotopic (exact) mass is 492 g/mol. The molecule has 0 saturated carbocycles. The maximum Gasteiger partial charge on any atom is 0.0447 e. The molecule has 2 aromatic carbocycles. The van der Waals surface area contributed by atoms with E-state index in [1.54, 1.807) is 0 Å². The molecule has 0 spiro atoms. The highest BCUT2D eigenvalue weighted by Gasteiger charge is 2.12. The van der Waals surface area contributed by atoms with Gasteiger partial charge in [0.15, 0.2) is 0 Å². The van der Waals surface area contributed by atoms with E-state index >= 15 is 0 Å². The van der Waals surface area contributed by atoms with Crippen molar-refractivity contribution in [1.29, 1.82) is 0 Å². The summed E-state index contributed by atoms with van der Waals surface area (Å²) in [7, 11) is 0. The van der Waals surface area contributed by atoms with Crippen LogP contribution in [0, 0.1) is 17.4 Å². The Hall–Kier alpha value is 0.130. The van der Waals surface area contributed by atoms with Gasteiger partial charge in [-0.15, -0.1) is 0 Å². The van der Waals surface area contributed by atoms with E-state index in [4.69, 9.17) is 0 Å². The maximum atomic E-state index is 3.82. The summed E-state index contributed by atoms with van der Waals surface area (Å²) in [4.78, 5) is 0.332. The molecule has 0 fully saturated rings. The van der Waals surface area contributed by atoms with E-state index < -0.39 is 0 Å². The second kappa shape index (κ2) is 6.72. The molecule has 100 valence electrons. The van der Waals surface area contributed by atoms with E-state index in [9.17, 15) is 0 Å². The van der Waals surface area contributed by atoms with Crippen molar-refractivity contribution in [3.63, 3.8) is 0 Å². The minimum absolute atomic E-state index is 0.332. The highest BCUT2D eigenvalue weighted by molar-refractivity contribution is 14.1. The second-order valence-electron chi connectivity index (χ2n) is 4.76. The zero-order valence-corrected chi connectivity index (χ0v) is 16.2. The summed E-state index contributed by atoms with van der Waals surface area (Å²) in [5.74, 6) is 0. The quantitative estimate of drug-likeness (QED) is 0.345. The Bertz CT molecular complexity index is 593. The number of aryl methyl sites for hydroxylation is 2. The first-order valence-corrected chi connectivity index (χ1v) is 8.91. The van der Waals surface area contributed by atoms with Crippen LogP contribution in [0.25, 0.3) is 0 Å². The number of hydrogen-bond donors (Lipinski definition) is 0. The van der Waals surface area contributed by atoms with Crippen LogP contribution in [-0.4, -0.2) is 0 Å². The van der Waals surface area contributed by atoms with Crippen LogP contribution in [0.15, 0.2) is 40.9 Å². The van der Waals surface area contributed by atoms with E-state index in [0.717, 1.165) is 6.42 Å². The third-order valence-corrected chi connectivity index (χ3v) is 5.49. The fourth-order valence-corrected chi connectivity index (χ4v) is 4.10. The Balaban J connectivity index is 2.22. The molecular weight excluding hydrogens is 479 g/mol. The van der Waals surface area contributed by atoms with Crippen LogP contribution in [0.1, 0.15) is 27.1 Å². The van der Waals surface area contributed by atoms with Gasteiger partial charge >= 0.3 is 0 Å². The predicted octanol–water partition coefficient (Wildman–Crippen LogP) is 6.35. The molecule has 0 amide bonds. The molecule has 1 unspecified atom stereocenters. The average Bonchev–Trinajstić information content (AvgIpc) is 2.36. The lowest BCUT2D eigenvalue weighted by Gasteiger charge is -2.14. The lowest BCUT2D eigenvalue weighted by atomic mass is 10.0. The summed E-state index contributed by atoms with van der Waals surface area (Å²) >= 11 is 9.81. The van der Waals surface area contributed by atoms with Gasteiger partial charge in [0.25, 0.3) is 0 Å². The molecule has 0 N–H and O–H groups in total. The van der Waals surface area contributed by atoms with E-state index in [1.807, 2.05) is 0 Å². The van der Waals surface area contributed by atoms with Gasteiger partial charge < -0.3 is 0 Å². The van der Waals surface area contributed by atoms with Gasteiger partial charge in [-0.05, 0) is 83.3 Å². The van der Waals surface area contributed by atoms with Crippen molar-refractivity contribution in [2.75, 3.05) is 0 Å². The summed E-state index contributed by atoms with van der Waals surface area (Å²) in [5, 5.41) is 0. The third kappa shape index (κ3) is 4.05. The summed E-state index contributed by atoms with van der Waals surface area (Å²) in [5.41, 5.74) is 5.39. The second-order valence-corrected chi connectivity index (χ2v) is 7.96. The fraction of sp³-hybridized carbons (Fsp3) is 0.250. The molecule has 2 rings (SSSR count). The number of rotatable bonds is 3. The molecule has 0 heterocycles. The number of benzene rings is 2. The molecule has 0 aliphatic carbocycles. The Morgan fingerprint density at radius 1 is 1.05 bits per heavy atom. The number of alkyl halides is 1. The van der Waals surface area contributed by atoms with Gasteiger partial charge in [-0.3, -0.25) is 0 Å². The normalized spacial score (nSPS) is 12.5. The topological polar surface area (TPSA) is 0 Å². The van der Waals surface area contributed by atoms with Gasteiger partial charge in [0, 0.05) is 12.9 Å². The van der Waals surface area contributed by atoms with Crippen molar-refractivity contribution in [2.45, 2.75) is 25.1 Å². The van der Waals surface area contributed by atoms with Crippen LogP contribution < -0.4 is 0 Å². The Morgan fingerprint density at radius 3 is 2.47 bits per heavy atom. The lowest BCUT2D eigenvalue weighted by Crippen LogP contribution is -1.98. The zero-order chi connectivity index (χ0) is 14.0. The van der Waals surface area contributed by atoms with Gasteiger partial charge in [0.05, 0.1) is 0 Å². The first kappa shape index (κ1) is 15.5. The molecule has 2 aromatic rings. The number of hydrogen-bond acceptors (Lipinski definition) is 0. The highest BCUT2D eigenvalue weighted by atomic mass is 127. The molecular formula is C16H15Br2I. The van der Waals surface area contributed by atoms with Gasteiger partial charge in [0.2, 0.25) is 0 Å². The van der Waals surface area contributed by atoms with Crippen molar-refractivity contribution in [2.24, 2.45) is 0 Å². The van der Waals surface area contributed by atoms with Crippen molar-refractivity contribution < 1.29 is 0 Å². The first-order chi connectivity index (χ1) is 8.97. The molecule has 0 nitrogen and oxygen atoms in total. The van der Waals surface area contributed by atoms with Gasteiger partial charge in [0.1, 0.15) is 0 Å². The summed E-state index contributed by atoms with van der Waals surface area (Å²) < 4.78 is 2.43. The Morgan fingerprint density at radius 2 is 1.79 bits per heavy atom. The molecule has 0 bridgehead atoms. The molecule has 0 saturated heterocycles. The van der Waals surface area contributed by atoms with Gasteiger partial charge in [-0.2, -0.15) is 0 Å². The largest absolute Gasteiger partial charge is 0.0835 e. The van der Waals surface area contributed by atoms with Gasteiger partial charge in [-0.25, -0.2) is 0 Å². The molecule has 0 aliphatic rings. The molecule has 0 aromatic heterocycles. The fourth-order valence-electron chi connectivity index (χ4n) is 2.00. The summed E-state index contributed by atoms with van der Waals surface area (Å²) in [6.45, 7) is 4.32. The average molecular weight is 494 g/mol. The molecule has 0 radical (unpaired) electrons. The van der Waals surface area contributed by atoms with Crippen LogP contribution in [0.2, 0.25) is 0 Å². The minimum atomic E-state index is 0.332. The Labute approximate surface area is 145 Å². The van der Waals surface area contributed by atoms with E-state index in [2.05, 4.69) is 105 Å². The molecule has 0 aliphatic heterocycles. The Kier molecular flexibility index (Phi) is 5.49. The van der Waals surface area contributed by atoms with Crippen LogP contribution in [0.4, 0.5) is 0 Å². The van der Waals surface area contributed by atoms with E-state index in [-0.39, 0.29) is 0 Å². The van der Waals surface area contributed by atoms with Crippen LogP contribution in [0.3, 0.4) is 0 Å². The van der Waals surface area contributed by atoms with E-state index in [1.165, 1.54) is 30.3 Å². The van der Waals surface area contributed by atoms with Crippen molar-refractivity contribution in [1.82, 2.24) is 0 Å². The van der Waals surface area contributed by atoms with E-state index in [0.29, 0.717) is 4.83 Å². The van der Waals surface area contributed by atoms with Crippen LogP contribution in [-0.2, 0) is 6.42 Å². The summed E-state index contributed by atoms with van der Waals surface area (Å²) in [6.07, 6.45) is 1.000. The van der Waals surface area contributed by atoms with Gasteiger partial charge in [-0.1, -0.05) is 50.1 Å². The standard InChI is InChI=1S/C16H15Br2I/c1-10-3-4-12(7-11(10)2)8-16(18)14-9-13(19)5-6-15(14)17/h3-7,9,16H,8H2,1-2H3. The van der Waals surface area contributed by atoms with Crippen LogP contribution in [0.5, 0.6) is 0 Å². The number of halogens is 3. The van der Waals surface area contributed by atoms with Crippen LogP contribution >= 0.6 is 54.5 Å². The van der Waals surface area contributed by atoms with Crippen molar-refractivity contribution in [3.05, 3.63) is 66.7 Å². The van der Waals surface area contributed by atoms with Crippen molar-refractivity contribution >= 4 is 54.5 Å².